The summed E-state index contributed by atoms with van der Waals surface area (Å²) in [6.45, 7) is 3.81. The second-order valence-electron chi connectivity index (χ2n) is 6.10. The zero-order valence-corrected chi connectivity index (χ0v) is 14.8. The molecule has 1 N–H and O–H groups in total. The molecule has 1 aliphatic rings. The van der Waals surface area contributed by atoms with E-state index < -0.39 is 12.6 Å². The average Bonchev–Trinajstić information content (AvgIpc) is 2.95. The van der Waals surface area contributed by atoms with Gasteiger partial charge < -0.3 is 14.7 Å². The molecular weight excluding hydrogens is 342 g/mol. The van der Waals surface area contributed by atoms with Crippen molar-refractivity contribution in [1.29, 1.82) is 0 Å². The van der Waals surface area contributed by atoms with Crippen LogP contribution >= 0.6 is 11.6 Å². The van der Waals surface area contributed by atoms with Crippen LogP contribution in [0.15, 0.2) is 30.3 Å². The Hall–Kier alpha value is -2.53. The lowest BCUT2D eigenvalue weighted by Crippen LogP contribution is -2.29. The number of hydrogen-bond donors (Lipinski definition) is 1. The fraction of sp³-hybridized carbons (Fsp3) is 0.263. The first-order valence-electron chi connectivity index (χ1n) is 7.93. The fourth-order valence-electron chi connectivity index (χ4n) is 3.15. The molecule has 1 aliphatic heterocycles. The number of carboxylic acid groups (broad SMARTS) is 1. The van der Waals surface area contributed by atoms with Gasteiger partial charge in [-0.3, -0.25) is 4.79 Å². The summed E-state index contributed by atoms with van der Waals surface area (Å²) in [5.41, 5.74) is 3.96. The van der Waals surface area contributed by atoms with Crippen LogP contribution in [0.3, 0.4) is 0 Å². The maximum absolute atomic E-state index is 13.0. The molecule has 2 aromatic rings. The third kappa shape index (κ3) is 3.46. The van der Waals surface area contributed by atoms with Crippen molar-refractivity contribution in [3.63, 3.8) is 0 Å². The highest BCUT2D eigenvalue weighted by molar-refractivity contribution is 6.31. The molecule has 25 heavy (non-hydrogen) atoms. The van der Waals surface area contributed by atoms with Crippen LogP contribution in [0.2, 0.25) is 5.02 Å². The second kappa shape index (κ2) is 6.76. The molecule has 0 radical (unpaired) electrons. The average molecular weight is 360 g/mol. The van der Waals surface area contributed by atoms with Gasteiger partial charge in [-0.2, -0.15) is 0 Å². The predicted molar refractivity (Wildman–Crippen MR) is 95.9 cm³/mol. The Morgan fingerprint density at radius 3 is 2.52 bits per heavy atom. The SMILES string of the molecule is Cc1cc(C(=O)N2CCc3ccc(Cl)cc32)cc(C)c1OCC(=O)O. The van der Waals surface area contributed by atoms with Crippen molar-refractivity contribution in [3.8, 4) is 5.75 Å². The minimum absolute atomic E-state index is 0.1000. The maximum Gasteiger partial charge on any atom is 0.341 e. The van der Waals surface area contributed by atoms with E-state index in [1.807, 2.05) is 18.2 Å². The number of aryl methyl sites for hydroxylation is 2. The highest BCUT2D eigenvalue weighted by Gasteiger charge is 2.26. The lowest BCUT2D eigenvalue weighted by atomic mass is 10.0. The summed E-state index contributed by atoms with van der Waals surface area (Å²) in [6, 6.07) is 9.05. The first-order valence-corrected chi connectivity index (χ1v) is 8.30. The topological polar surface area (TPSA) is 66.8 Å². The minimum atomic E-state index is -1.04. The third-order valence-electron chi connectivity index (χ3n) is 4.24. The molecular formula is C19H18ClNO4. The Morgan fingerprint density at radius 1 is 1.20 bits per heavy atom. The highest BCUT2D eigenvalue weighted by atomic mass is 35.5. The molecule has 0 unspecified atom stereocenters. The van der Waals surface area contributed by atoms with Gasteiger partial charge in [0.25, 0.3) is 5.91 Å². The highest BCUT2D eigenvalue weighted by Crippen LogP contribution is 2.33. The monoisotopic (exact) mass is 359 g/mol. The van der Waals surface area contributed by atoms with E-state index in [-0.39, 0.29) is 5.91 Å². The van der Waals surface area contributed by atoms with Crippen molar-refractivity contribution in [1.82, 2.24) is 0 Å². The Morgan fingerprint density at radius 2 is 1.88 bits per heavy atom. The number of anilines is 1. The van der Waals surface area contributed by atoms with Gasteiger partial charge in [-0.15, -0.1) is 0 Å². The molecule has 5 nitrogen and oxygen atoms in total. The summed E-state index contributed by atoms with van der Waals surface area (Å²) < 4.78 is 5.32. The van der Waals surface area contributed by atoms with Crippen LogP contribution in [0, 0.1) is 13.8 Å². The van der Waals surface area contributed by atoms with Crippen molar-refractivity contribution in [2.24, 2.45) is 0 Å². The van der Waals surface area contributed by atoms with Crippen LogP contribution in [-0.2, 0) is 11.2 Å². The number of benzene rings is 2. The molecule has 0 aromatic heterocycles. The molecule has 0 aliphatic carbocycles. The number of nitrogens with zero attached hydrogens (tertiary/aromatic N) is 1. The van der Waals surface area contributed by atoms with Gasteiger partial charge in [-0.1, -0.05) is 17.7 Å². The van der Waals surface area contributed by atoms with E-state index >= 15 is 0 Å². The first kappa shape index (κ1) is 17.3. The summed E-state index contributed by atoms with van der Waals surface area (Å²) in [5, 5.41) is 9.36. The van der Waals surface area contributed by atoms with E-state index in [1.165, 1.54) is 0 Å². The van der Waals surface area contributed by atoms with Crippen LogP contribution in [0.4, 0.5) is 5.69 Å². The molecule has 0 saturated carbocycles. The van der Waals surface area contributed by atoms with Crippen LogP contribution in [0.25, 0.3) is 0 Å². The predicted octanol–water partition coefficient (Wildman–Crippen LogP) is 3.62. The summed E-state index contributed by atoms with van der Waals surface area (Å²) in [5.74, 6) is -0.634. The van der Waals surface area contributed by atoms with Crippen LogP contribution in [0.1, 0.15) is 27.0 Å². The van der Waals surface area contributed by atoms with Gasteiger partial charge in [0.1, 0.15) is 5.75 Å². The second-order valence-corrected chi connectivity index (χ2v) is 6.54. The smallest absolute Gasteiger partial charge is 0.341 e. The number of carbonyl (C=O) groups is 2. The summed E-state index contributed by atoms with van der Waals surface area (Å²) >= 11 is 6.07. The summed E-state index contributed by atoms with van der Waals surface area (Å²) in [6.07, 6.45) is 0.802. The Labute approximate surface area is 150 Å². The molecule has 2 aromatic carbocycles. The zero-order chi connectivity index (χ0) is 18.1. The number of ether oxygens (including phenoxy) is 1. The van der Waals surface area contributed by atoms with Gasteiger partial charge in [0.2, 0.25) is 0 Å². The van der Waals surface area contributed by atoms with Gasteiger partial charge in [0, 0.05) is 22.8 Å². The maximum atomic E-state index is 13.0. The first-order chi connectivity index (χ1) is 11.9. The van der Waals surface area contributed by atoms with Crippen molar-refractivity contribution in [2.45, 2.75) is 20.3 Å². The molecule has 3 rings (SSSR count). The Bertz CT molecular complexity index is 839. The molecule has 0 atom stereocenters. The molecule has 1 heterocycles. The number of hydrogen-bond acceptors (Lipinski definition) is 3. The van der Waals surface area contributed by atoms with Crippen LogP contribution < -0.4 is 9.64 Å². The van der Waals surface area contributed by atoms with E-state index in [1.54, 1.807) is 30.9 Å². The molecule has 0 saturated heterocycles. The van der Waals surface area contributed by atoms with Crippen LogP contribution in [0.5, 0.6) is 5.75 Å². The molecule has 0 bridgehead atoms. The minimum Gasteiger partial charge on any atom is -0.481 e. The van der Waals surface area contributed by atoms with Crippen molar-refractivity contribution < 1.29 is 19.4 Å². The van der Waals surface area contributed by atoms with E-state index in [0.717, 1.165) is 28.8 Å². The summed E-state index contributed by atoms with van der Waals surface area (Å²) in [4.78, 5) is 25.4. The van der Waals surface area contributed by atoms with Crippen molar-refractivity contribution in [2.75, 3.05) is 18.1 Å². The number of aliphatic carboxylic acids is 1. The number of carboxylic acids is 1. The van der Waals surface area contributed by atoms with Gasteiger partial charge in [-0.05, 0) is 61.2 Å². The van der Waals surface area contributed by atoms with Crippen molar-refractivity contribution >= 4 is 29.2 Å². The Kier molecular flexibility index (Phi) is 4.68. The van der Waals surface area contributed by atoms with Crippen LogP contribution in [-0.4, -0.2) is 30.1 Å². The van der Waals surface area contributed by atoms with E-state index in [9.17, 15) is 9.59 Å². The number of rotatable bonds is 4. The summed E-state index contributed by atoms with van der Waals surface area (Å²) in [7, 11) is 0. The fourth-order valence-corrected chi connectivity index (χ4v) is 3.32. The van der Waals surface area contributed by atoms with Gasteiger partial charge >= 0.3 is 5.97 Å². The largest absolute Gasteiger partial charge is 0.481 e. The molecule has 130 valence electrons. The standard InChI is InChI=1S/C19H18ClNO4/c1-11-7-14(8-12(2)18(11)25-10-17(22)23)19(24)21-6-5-13-3-4-15(20)9-16(13)21/h3-4,7-9H,5-6,10H2,1-2H3,(H,22,23). The molecule has 0 fully saturated rings. The number of amides is 1. The lowest BCUT2D eigenvalue weighted by molar-refractivity contribution is -0.139. The number of carbonyl (C=O) groups excluding carboxylic acids is 1. The normalized spacial score (nSPS) is 12.8. The zero-order valence-electron chi connectivity index (χ0n) is 14.0. The van der Waals surface area contributed by atoms with E-state index in [4.69, 9.17) is 21.4 Å². The van der Waals surface area contributed by atoms with E-state index in [2.05, 4.69) is 0 Å². The number of fused-ring (bicyclic) bond motifs is 1. The lowest BCUT2D eigenvalue weighted by Gasteiger charge is -2.19. The quantitative estimate of drug-likeness (QED) is 0.905. The number of halogens is 1. The van der Waals surface area contributed by atoms with Gasteiger partial charge in [0.15, 0.2) is 6.61 Å². The van der Waals surface area contributed by atoms with E-state index in [0.29, 0.717) is 22.9 Å². The third-order valence-corrected chi connectivity index (χ3v) is 4.47. The van der Waals surface area contributed by atoms with Gasteiger partial charge in [-0.25, -0.2) is 4.79 Å². The Balaban J connectivity index is 1.89. The molecule has 1 amide bonds. The molecule has 6 heteroatoms. The van der Waals surface area contributed by atoms with Gasteiger partial charge in [0.05, 0.1) is 0 Å². The molecule has 0 spiro atoms. The van der Waals surface area contributed by atoms with Crippen molar-refractivity contribution in [3.05, 3.63) is 57.6 Å².